The molecule has 0 saturated carbocycles. The van der Waals surface area contributed by atoms with Gasteiger partial charge in [0.05, 0.1) is 7.11 Å². The molecular formula is C34H35NO13. The van der Waals surface area contributed by atoms with Gasteiger partial charge in [-0.2, -0.15) is 0 Å². The van der Waals surface area contributed by atoms with E-state index in [1.165, 1.54) is 25.3 Å². The summed E-state index contributed by atoms with van der Waals surface area (Å²) < 4.78 is 34.0. The number of nitrogens with one attached hydrogen (secondary N) is 1. The standard InChI is InChI=1S/C34H35NO13/c1-16-6-5-7-20(14-16)34(32(41)42,48-31(40)28(45-18(3)37)27(30(38)39)44-17(2)36)47-24-11-9-21-22-15-19-8-10-23(43-4)26-25(19)33(21,12-13-35-22)29(24)46-26/h5-8,10-11,14,21-22,27-29,35H,9,12-13,15H2,1-4H3,(H,38,39)(H,41,42)/t21-,22-,27-,28-,29+,33+,34+/m1/s1. The molecule has 0 amide bonds. The number of allylic oxidation sites excluding steroid dienone is 1. The molecule has 14 heteroatoms. The Morgan fingerprint density at radius 3 is 2.42 bits per heavy atom. The third-order valence-corrected chi connectivity index (χ3v) is 9.48. The van der Waals surface area contributed by atoms with E-state index in [0.717, 1.165) is 31.4 Å². The molecule has 0 radical (unpaired) electrons. The zero-order chi connectivity index (χ0) is 34.5. The highest BCUT2D eigenvalue weighted by atomic mass is 16.7. The van der Waals surface area contributed by atoms with Gasteiger partial charge in [-0.05, 0) is 62.4 Å². The monoisotopic (exact) mass is 665 g/mol. The second kappa shape index (κ2) is 12.2. The molecule has 1 spiro atoms. The first kappa shape index (κ1) is 32.8. The lowest BCUT2D eigenvalue weighted by molar-refractivity contribution is -0.247. The first-order valence-corrected chi connectivity index (χ1v) is 15.4. The van der Waals surface area contributed by atoms with Crippen molar-refractivity contribution in [2.45, 2.75) is 75.6 Å². The predicted molar refractivity (Wildman–Crippen MR) is 162 cm³/mol. The first-order chi connectivity index (χ1) is 22.8. The van der Waals surface area contributed by atoms with Crippen molar-refractivity contribution in [3.8, 4) is 11.5 Å². The Balaban J connectivity index is 1.46. The van der Waals surface area contributed by atoms with Crippen LogP contribution in [0, 0.1) is 12.8 Å². The number of hydrogen-bond acceptors (Lipinski definition) is 12. The maximum absolute atomic E-state index is 13.8. The largest absolute Gasteiger partial charge is 0.493 e. The molecule has 7 atom stereocenters. The van der Waals surface area contributed by atoms with Gasteiger partial charge in [0.1, 0.15) is 5.76 Å². The topological polar surface area (TPSA) is 193 Å². The lowest BCUT2D eigenvalue weighted by atomic mass is 9.53. The number of aliphatic carboxylic acids is 2. The number of rotatable bonds is 11. The van der Waals surface area contributed by atoms with Gasteiger partial charge in [-0.3, -0.25) is 9.59 Å². The van der Waals surface area contributed by atoms with E-state index < -0.39 is 59.4 Å². The number of aryl methyl sites for hydroxylation is 1. The second-order valence-electron chi connectivity index (χ2n) is 12.3. The van der Waals surface area contributed by atoms with Gasteiger partial charge < -0.3 is 44.0 Å². The summed E-state index contributed by atoms with van der Waals surface area (Å²) in [4.78, 5) is 63.1. The zero-order valence-corrected chi connectivity index (χ0v) is 26.6. The van der Waals surface area contributed by atoms with E-state index in [1.54, 1.807) is 19.1 Å². The Hall–Kier alpha value is -5.11. The number of carbonyl (C=O) groups is 5. The van der Waals surface area contributed by atoms with E-state index in [1.807, 2.05) is 12.1 Å². The van der Waals surface area contributed by atoms with E-state index in [4.69, 9.17) is 28.4 Å². The molecule has 2 aliphatic heterocycles. The Bertz CT molecular complexity index is 1740. The van der Waals surface area contributed by atoms with Crippen molar-refractivity contribution in [1.82, 2.24) is 5.32 Å². The third-order valence-electron chi connectivity index (χ3n) is 9.48. The maximum atomic E-state index is 13.8. The molecule has 2 bridgehead atoms. The van der Waals surface area contributed by atoms with Gasteiger partial charge in [0, 0.05) is 36.4 Å². The van der Waals surface area contributed by atoms with E-state index in [9.17, 15) is 34.2 Å². The van der Waals surface area contributed by atoms with Gasteiger partial charge in [0.25, 0.3) is 0 Å². The van der Waals surface area contributed by atoms with Crippen LogP contribution in [-0.4, -0.2) is 78.1 Å². The number of methoxy groups -OCH3 is 1. The van der Waals surface area contributed by atoms with Crippen LogP contribution in [0.15, 0.2) is 48.2 Å². The van der Waals surface area contributed by atoms with Crippen molar-refractivity contribution in [1.29, 1.82) is 0 Å². The molecule has 1 fully saturated rings. The number of hydrogen-bond donors (Lipinski definition) is 3. The van der Waals surface area contributed by atoms with Crippen LogP contribution >= 0.6 is 0 Å². The first-order valence-electron chi connectivity index (χ1n) is 15.4. The summed E-state index contributed by atoms with van der Waals surface area (Å²) in [5.74, 6) is -9.23. The van der Waals surface area contributed by atoms with Gasteiger partial charge in [-0.15, -0.1) is 0 Å². The summed E-state index contributed by atoms with van der Waals surface area (Å²) in [5, 5.41) is 24.3. The highest BCUT2D eigenvalue weighted by molar-refractivity contribution is 5.90. The minimum atomic E-state index is -2.94. The van der Waals surface area contributed by atoms with Gasteiger partial charge in [-0.25, -0.2) is 14.4 Å². The molecule has 2 heterocycles. The fraction of sp³-hybridized carbons (Fsp3) is 0.441. The van der Waals surface area contributed by atoms with Crippen molar-refractivity contribution in [2.24, 2.45) is 5.92 Å². The third kappa shape index (κ3) is 5.20. The van der Waals surface area contributed by atoms with Crippen LogP contribution in [0.2, 0.25) is 0 Å². The molecule has 14 nitrogen and oxygen atoms in total. The number of esters is 3. The van der Waals surface area contributed by atoms with Crippen LogP contribution in [0.3, 0.4) is 0 Å². The summed E-state index contributed by atoms with van der Waals surface area (Å²) >= 11 is 0. The van der Waals surface area contributed by atoms with Gasteiger partial charge in [0.15, 0.2) is 17.6 Å². The molecule has 0 aromatic heterocycles. The molecule has 2 aliphatic carbocycles. The zero-order valence-electron chi connectivity index (χ0n) is 26.6. The fourth-order valence-corrected chi connectivity index (χ4v) is 7.68. The molecule has 3 N–H and O–H groups in total. The lowest BCUT2D eigenvalue weighted by Crippen LogP contribution is -2.63. The van der Waals surface area contributed by atoms with Gasteiger partial charge in [0.2, 0.25) is 12.2 Å². The summed E-state index contributed by atoms with van der Waals surface area (Å²) in [7, 11) is 1.53. The van der Waals surface area contributed by atoms with Crippen molar-refractivity contribution in [3.63, 3.8) is 0 Å². The average Bonchev–Trinajstić information content (AvgIpc) is 3.37. The minimum Gasteiger partial charge on any atom is -0.493 e. The second-order valence-corrected chi connectivity index (χ2v) is 12.3. The Kier molecular flexibility index (Phi) is 8.31. The number of piperidine rings is 1. The SMILES string of the molecule is COc1ccc2c3c1O[C@H]1C(O[C@@](OC(=O)[C@H](OC(C)=O)[C@@H](OC(C)=O)C(=O)O)(C(=O)O)c4cccc(C)c4)=CC[C@@H]4[C@@H](C2)NCC[C@@]341. The van der Waals surface area contributed by atoms with E-state index >= 15 is 0 Å². The molecule has 2 aromatic rings. The van der Waals surface area contributed by atoms with Crippen molar-refractivity contribution in [3.05, 3.63) is 70.5 Å². The lowest BCUT2D eigenvalue weighted by Gasteiger charge is -2.54. The van der Waals surface area contributed by atoms with Crippen LogP contribution in [0.1, 0.15) is 48.9 Å². The molecule has 48 heavy (non-hydrogen) atoms. The van der Waals surface area contributed by atoms with E-state index in [0.29, 0.717) is 36.4 Å². The normalized spacial score (nSPS) is 25.4. The smallest absolute Gasteiger partial charge is 0.395 e. The summed E-state index contributed by atoms with van der Waals surface area (Å²) in [6, 6.07) is 9.97. The predicted octanol–water partition coefficient (Wildman–Crippen LogP) is 2.27. The van der Waals surface area contributed by atoms with Crippen LogP contribution in [0.5, 0.6) is 11.5 Å². The fourth-order valence-electron chi connectivity index (χ4n) is 7.68. The Morgan fingerprint density at radius 1 is 1.04 bits per heavy atom. The van der Waals surface area contributed by atoms with Crippen molar-refractivity contribution in [2.75, 3.05) is 13.7 Å². The Morgan fingerprint density at radius 2 is 1.77 bits per heavy atom. The van der Waals surface area contributed by atoms with Crippen LogP contribution in [0.4, 0.5) is 0 Å². The molecule has 4 aliphatic rings. The van der Waals surface area contributed by atoms with Gasteiger partial charge in [-0.1, -0.05) is 29.8 Å². The Labute approximate surface area is 274 Å². The minimum absolute atomic E-state index is 0.0682. The summed E-state index contributed by atoms with van der Waals surface area (Å²) in [6.07, 6.45) is -1.99. The van der Waals surface area contributed by atoms with E-state index in [-0.39, 0.29) is 23.3 Å². The molecule has 254 valence electrons. The summed E-state index contributed by atoms with van der Waals surface area (Å²) in [5.41, 5.74) is 1.89. The number of carbonyl (C=O) groups excluding carboxylic acids is 3. The number of carboxylic acid groups (broad SMARTS) is 2. The van der Waals surface area contributed by atoms with Crippen LogP contribution < -0.4 is 14.8 Å². The van der Waals surface area contributed by atoms with Crippen LogP contribution in [0.25, 0.3) is 0 Å². The van der Waals surface area contributed by atoms with Crippen LogP contribution in [-0.2, 0) is 60.5 Å². The molecule has 0 unspecified atom stereocenters. The summed E-state index contributed by atoms with van der Waals surface area (Å²) in [6.45, 7) is 4.14. The molecule has 1 saturated heterocycles. The average molecular weight is 666 g/mol. The number of benzene rings is 2. The van der Waals surface area contributed by atoms with Crippen molar-refractivity contribution < 1.29 is 62.6 Å². The molecular weight excluding hydrogens is 630 g/mol. The molecule has 2 aromatic carbocycles. The highest BCUT2D eigenvalue weighted by Gasteiger charge is 2.65. The van der Waals surface area contributed by atoms with E-state index in [2.05, 4.69) is 5.32 Å². The number of ether oxygens (including phenoxy) is 6. The van der Waals surface area contributed by atoms with Gasteiger partial charge >= 0.3 is 35.6 Å². The highest BCUT2D eigenvalue weighted by Crippen LogP contribution is 2.63. The quantitative estimate of drug-likeness (QED) is 0.180. The maximum Gasteiger partial charge on any atom is 0.395 e. The van der Waals surface area contributed by atoms with Crippen molar-refractivity contribution >= 4 is 29.8 Å². The number of carboxylic acids is 2. The molecule has 6 rings (SSSR count).